The molecule has 0 spiro atoms. The van der Waals surface area contributed by atoms with E-state index in [9.17, 15) is 14.9 Å². The second-order valence-corrected chi connectivity index (χ2v) is 11.1. The molecule has 1 amide bonds. The fourth-order valence-electron chi connectivity index (χ4n) is 5.97. The summed E-state index contributed by atoms with van der Waals surface area (Å²) in [6, 6.07) is 7.81. The molecule has 3 heterocycles. The highest BCUT2D eigenvalue weighted by Gasteiger charge is 2.37. The molecule has 42 heavy (non-hydrogen) atoms. The van der Waals surface area contributed by atoms with Crippen molar-refractivity contribution in [1.82, 2.24) is 19.8 Å². The predicted octanol–water partition coefficient (Wildman–Crippen LogP) is 2.96. The van der Waals surface area contributed by atoms with Crippen molar-refractivity contribution >= 4 is 17.5 Å². The number of carbonyl (C=O) groups excluding carboxylic acids is 2. The Morgan fingerprint density at radius 1 is 1.21 bits per heavy atom. The number of fused-ring (bicyclic) bond motifs is 1. The number of aryl methyl sites for hydroxylation is 1. The third kappa shape index (κ3) is 6.04. The predicted molar refractivity (Wildman–Crippen MR) is 156 cm³/mol. The fourth-order valence-corrected chi connectivity index (χ4v) is 5.97. The lowest BCUT2D eigenvalue weighted by atomic mass is 9.92. The van der Waals surface area contributed by atoms with E-state index >= 15 is 0 Å². The Hall–Kier alpha value is -4.17. The van der Waals surface area contributed by atoms with Crippen molar-refractivity contribution in [2.45, 2.75) is 57.2 Å². The first kappa shape index (κ1) is 29.3. The molecule has 3 aliphatic rings. The van der Waals surface area contributed by atoms with E-state index in [2.05, 4.69) is 29.6 Å². The van der Waals surface area contributed by atoms with Crippen LogP contribution in [0.1, 0.15) is 47.3 Å². The number of aromatic nitrogens is 2. The fraction of sp³-hybridized carbons (Fsp3) is 0.516. The Morgan fingerprint density at radius 2 is 2.05 bits per heavy atom. The van der Waals surface area contributed by atoms with Gasteiger partial charge in [-0.1, -0.05) is 12.6 Å². The zero-order valence-electron chi connectivity index (χ0n) is 24.5. The van der Waals surface area contributed by atoms with E-state index in [4.69, 9.17) is 19.2 Å². The van der Waals surface area contributed by atoms with Gasteiger partial charge in [0.25, 0.3) is 0 Å². The maximum absolute atomic E-state index is 13.9. The van der Waals surface area contributed by atoms with Gasteiger partial charge in [0.15, 0.2) is 6.10 Å². The molecule has 222 valence electrons. The van der Waals surface area contributed by atoms with Gasteiger partial charge in [-0.25, -0.2) is 0 Å². The SMILES string of the molecule is C=CC(=O)N1CCN(c2nc(OCC3CCCN3C)nc3c2CC[C@@H](Oc2cc(OC)ccc2C)C3=O)CC1CC#N. The summed E-state index contributed by atoms with van der Waals surface area (Å²) in [5, 5.41) is 9.47. The van der Waals surface area contributed by atoms with Crippen LogP contribution in [0, 0.1) is 18.3 Å². The molecule has 0 radical (unpaired) electrons. The van der Waals surface area contributed by atoms with E-state index in [0.717, 1.165) is 30.5 Å². The van der Waals surface area contributed by atoms with Gasteiger partial charge in [0.2, 0.25) is 11.7 Å². The van der Waals surface area contributed by atoms with Gasteiger partial charge in [-0.15, -0.1) is 0 Å². The first-order chi connectivity index (χ1) is 20.3. The van der Waals surface area contributed by atoms with Gasteiger partial charge in [0, 0.05) is 37.3 Å². The summed E-state index contributed by atoms with van der Waals surface area (Å²) in [4.78, 5) is 41.8. The number of nitrogens with zero attached hydrogens (tertiary/aromatic N) is 6. The van der Waals surface area contributed by atoms with Crippen LogP contribution in [0.15, 0.2) is 30.9 Å². The number of methoxy groups -OCH3 is 1. The second-order valence-electron chi connectivity index (χ2n) is 11.1. The van der Waals surface area contributed by atoms with E-state index in [1.807, 2.05) is 24.0 Å². The lowest BCUT2D eigenvalue weighted by molar-refractivity contribution is -0.128. The van der Waals surface area contributed by atoms with Crippen molar-refractivity contribution < 1.29 is 23.8 Å². The minimum atomic E-state index is -0.715. The number of likely N-dealkylation sites (tertiary alicyclic amines) is 1. The number of likely N-dealkylation sites (N-methyl/N-ethyl adjacent to an activating group) is 1. The summed E-state index contributed by atoms with van der Waals surface area (Å²) < 4.78 is 17.7. The number of anilines is 1. The summed E-state index contributed by atoms with van der Waals surface area (Å²) in [5.74, 6) is 1.44. The van der Waals surface area contributed by atoms with Crippen molar-refractivity contribution in [2.24, 2.45) is 0 Å². The summed E-state index contributed by atoms with van der Waals surface area (Å²) in [6.07, 6.45) is 3.87. The molecule has 1 aromatic carbocycles. The Morgan fingerprint density at radius 3 is 2.76 bits per heavy atom. The number of piperazine rings is 1. The van der Waals surface area contributed by atoms with Crippen LogP contribution in [0.5, 0.6) is 17.5 Å². The van der Waals surface area contributed by atoms with Gasteiger partial charge in [-0.05, 0) is 63.9 Å². The normalized spacial score (nSPS) is 22.3. The number of amides is 1. The Labute approximate surface area is 246 Å². The molecule has 0 saturated carbocycles. The van der Waals surface area contributed by atoms with Crippen molar-refractivity contribution in [1.29, 1.82) is 5.26 Å². The Kier molecular flexibility index (Phi) is 8.92. The van der Waals surface area contributed by atoms with E-state index in [1.165, 1.54) is 6.08 Å². The molecular weight excluding hydrogens is 536 g/mol. The largest absolute Gasteiger partial charge is 0.497 e. The molecule has 2 fully saturated rings. The monoisotopic (exact) mass is 574 g/mol. The number of nitriles is 1. The Bertz CT molecular complexity index is 1390. The highest BCUT2D eigenvalue weighted by molar-refractivity contribution is 6.01. The summed E-state index contributed by atoms with van der Waals surface area (Å²) in [7, 11) is 3.67. The van der Waals surface area contributed by atoms with Crippen LogP contribution in [-0.2, 0) is 11.2 Å². The molecule has 2 saturated heterocycles. The molecule has 3 atom stereocenters. The topological polar surface area (TPSA) is 121 Å². The number of hydrogen-bond acceptors (Lipinski definition) is 10. The van der Waals surface area contributed by atoms with Gasteiger partial charge in [-0.2, -0.15) is 15.2 Å². The zero-order chi connectivity index (χ0) is 29.8. The molecule has 1 aromatic heterocycles. The number of Topliss-reactive ketones (excluding diaryl/α,β-unsaturated/α-hetero) is 1. The first-order valence-electron chi connectivity index (χ1n) is 14.5. The number of rotatable bonds is 9. The van der Waals surface area contributed by atoms with Crippen LogP contribution in [-0.4, -0.2) is 96.6 Å². The number of carbonyl (C=O) groups is 2. The molecule has 0 N–H and O–H groups in total. The average Bonchev–Trinajstić information content (AvgIpc) is 3.42. The average molecular weight is 575 g/mol. The van der Waals surface area contributed by atoms with Gasteiger partial charge >= 0.3 is 6.01 Å². The zero-order valence-corrected chi connectivity index (χ0v) is 24.5. The van der Waals surface area contributed by atoms with Crippen molar-refractivity contribution in [3.05, 3.63) is 47.7 Å². The van der Waals surface area contributed by atoms with Gasteiger partial charge < -0.3 is 28.9 Å². The number of ketones is 1. The van der Waals surface area contributed by atoms with Gasteiger partial charge in [-0.3, -0.25) is 9.59 Å². The maximum Gasteiger partial charge on any atom is 0.319 e. The molecule has 11 heteroatoms. The molecule has 2 unspecified atom stereocenters. The lowest BCUT2D eigenvalue weighted by Gasteiger charge is -2.41. The van der Waals surface area contributed by atoms with E-state index in [-0.39, 0.29) is 36.2 Å². The number of ether oxygens (including phenoxy) is 3. The quantitative estimate of drug-likeness (QED) is 0.413. The number of hydrogen-bond donors (Lipinski definition) is 0. The van der Waals surface area contributed by atoms with E-state index in [0.29, 0.717) is 62.1 Å². The molecule has 2 aliphatic heterocycles. The third-order valence-corrected chi connectivity index (χ3v) is 8.45. The molecule has 2 aromatic rings. The maximum atomic E-state index is 13.9. The highest BCUT2D eigenvalue weighted by Crippen LogP contribution is 2.34. The van der Waals surface area contributed by atoms with Crippen molar-refractivity contribution in [3.8, 4) is 23.6 Å². The van der Waals surface area contributed by atoms with Crippen molar-refractivity contribution in [3.63, 3.8) is 0 Å². The number of benzene rings is 1. The van der Waals surface area contributed by atoms with Crippen LogP contribution in [0.2, 0.25) is 0 Å². The van der Waals surface area contributed by atoms with Gasteiger partial charge in [0.05, 0.1) is 25.6 Å². The highest BCUT2D eigenvalue weighted by atomic mass is 16.5. The minimum absolute atomic E-state index is 0.150. The van der Waals surface area contributed by atoms with E-state index in [1.54, 1.807) is 18.1 Å². The van der Waals surface area contributed by atoms with Crippen molar-refractivity contribution in [2.75, 3.05) is 51.8 Å². The first-order valence-corrected chi connectivity index (χ1v) is 14.5. The van der Waals surface area contributed by atoms with Gasteiger partial charge in [0.1, 0.15) is 29.6 Å². The molecular formula is C31H38N6O5. The minimum Gasteiger partial charge on any atom is -0.497 e. The van der Waals surface area contributed by atoms with Crippen LogP contribution in [0.3, 0.4) is 0 Å². The van der Waals surface area contributed by atoms with Crippen LogP contribution in [0.25, 0.3) is 0 Å². The van der Waals surface area contributed by atoms with Crippen LogP contribution in [0.4, 0.5) is 5.82 Å². The van der Waals surface area contributed by atoms with E-state index < -0.39 is 6.10 Å². The Balaban J connectivity index is 1.46. The second kappa shape index (κ2) is 12.8. The molecule has 0 bridgehead atoms. The van der Waals surface area contributed by atoms with Crippen LogP contribution >= 0.6 is 0 Å². The molecule has 11 nitrogen and oxygen atoms in total. The third-order valence-electron chi connectivity index (χ3n) is 8.45. The van der Waals surface area contributed by atoms with Crippen LogP contribution < -0.4 is 19.1 Å². The molecule has 1 aliphatic carbocycles. The summed E-state index contributed by atoms with van der Waals surface area (Å²) in [6.45, 7) is 8.28. The lowest BCUT2D eigenvalue weighted by Crippen LogP contribution is -2.55. The standard InChI is InChI=1S/C31H38N6O5/c1-5-27(38)37-16-15-36(18-21(37)12-13-32)30-24-10-11-25(42-26-17-23(40-4)9-8-20(26)2)29(39)28(24)33-31(34-30)41-19-22-7-6-14-35(22)3/h5,8-9,17,21-22,25H,1,6-7,10-12,14-16,18-19H2,2-4H3/t21?,22?,25-/m1/s1. The smallest absolute Gasteiger partial charge is 0.319 e. The summed E-state index contributed by atoms with van der Waals surface area (Å²) >= 11 is 0. The summed E-state index contributed by atoms with van der Waals surface area (Å²) in [5.41, 5.74) is 1.94. The molecule has 5 rings (SSSR count).